The fourth-order valence-electron chi connectivity index (χ4n) is 4.56. The Morgan fingerprint density at radius 2 is 2.04 bits per heavy atom. The second-order valence-corrected chi connectivity index (χ2v) is 8.41. The summed E-state index contributed by atoms with van der Waals surface area (Å²) in [6, 6.07) is 8.35. The number of amides is 1. The summed E-state index contributed by atoms with van der Waals surface area (Å²) in [4.78, 5) is 23.0. The van der Waals surface area contributed by atoms with E-state index in [-0.39, 0.29) is 18.1 Å². The predicted octanol–water partition coefficient (Wildman–Crippen LogP) is 3.57. The van der Waals surface area contributed by atoms with E-state index in [1.165, 1.54) is 0 Å². The lowest BCUT2D eigenvalue weighted by molar-refractivity contribution is 0.0321. The van der Waals surface area contributed by atoms with Gasteiger partial charge in [-0.15, -0.1) is 0 Å². The molecule has 1 atom stereocenters. The maximum absolute atomic E-state index is 13.8. The van der Waals surface area contributed by atoms with Gasteiger partial charge < -0.3 is 14.5 Å². The molecule has 0 radical (unpaired) electrons. The van der Waals surface area contributed by atoms with Gasteiger partial charge in [-0.1, -0.05) is 18.2 Å². The summed E-state index contributed by atoms with van der Waals surface area (Å²) in [5, 5.41) is 0.959. The summed E-state index contributed by atoms with van der Waals surface area (Å²) in [5.41, 5.74) is 3.72. The van der Waals surface area contributed by atoms with Gasteiger partial charge in [0.2, 0.25) is 0 Å². The monoisotopic (exact) mass is 381 g/mol. The molecular weight excluding hydrogens is 350 g/mol. The number of carbonyl (C=O) groups is 1. The van der Waals surface area contributed by atoms with Gasteiger partial charge >= 0.3 is 0 Å². The Kier molecular flexibility index (Phi) is 5.65. The molecule has 0 N–H and O–H groups in total. The van der Waals surface area contributed by atoms with Crippen LogP contribution < -0.4 is 0 Å². The third kappa shape index (κ3) is 3.91. The lowest BCUT2D eigenvalue weighted by Crippen LogP contribution is -2.49. The number of likely N-dealkylation sites (tertiary alicyclic amines) is 1. The van der Waals surface area contributed by atoms with Crippen LogP contribution in [-0.4, -0.2) is 66.1 Å². The number of nitrogens with zero attached hydrogens (tertiary/aromatic N) is 3. The second kappa shape index (κ2) is 8.18. The normalized spacial score (nSPS) is 21.3. The quantitative estimate of drug-likeness (QED) is 0.812. The van der Waals surface area contributed by atoms with E-state index >= 15 is 0 Å². The van der Waals surface area contributed by atoms with Crippen LogP contribution in [0.4, 0.5) is 0 Å². The maximum Gasteiger partial charge on any atom is 0.254 e. The number of hydrogen-bond donors (Lipinski definition) is 0. The van der Waals surface area contributed by atoms with Crippen molar-refractivity contribution in [2.75, 3.05) is 33.3 Å². The molecule has 2 aliphatic heterocycles. The summed E-state index contributed by atoms with van der Waals surface area (Å²) in [7, 11) is 2.16. The smallest absolute Gasteiger partial charge is 0.254 e. The van der Waals surface area contributed by atoms with Crippen LogP contribution in [0.1, 0.15) is 47.3 Å². The first-order valence-corrected chi connectivity index (χ1v) is 10.5. The van der Waals surface area contributed by atoms with Crippen molar-refractivity contribution in [3.63, 3.8) is 0 Å². The van der Waals surface area contributed by atoms with Gasteiger partial charge in [-0.05, 0) is 71.3 Å². The first kappa shape index (κ1) is 19.3. The van der Waals surface area contributed by atoms with E-state index in [1.807, 2.05) is 25.1 Å². The minimum Gasteiger partial charge on any atom is -0.376 e. The standard InChI is InChI=1S/C23H31N3O2/c1-16-6-4-8-20-21(14-17(2)24-22(16)20)23(27)26(15-19-7-5-13-28-19)18-9-11-25(3)12-10-18/h4,6,8,14,18-19H,5,7,9-13,15H2,1-3H3. The molecule has 0 saturated carbocycles. The number of pyridine rings is 1. The fourth-order valence-corrected chi connectivity index (χ4v) is 4.56. The summed E-state index contributed by atoms with van der Waals surface area (Å²) in [5.74, 6) is 0.131. The van der Waals surface area contributed by atoms with Gasteiger partial charge in [0, 0.05) is 30.3 Å². The molecule has 5 heteroatoms. The first-order chi connectivity index (χ1) is 13.5. The number of carbonyl (C=O) groups excluding carboxylic acids is 1. The number of fused-ring (bicyclic) bond motifs is 1. The molecule has 28 heavy (non-hydrogen) atoms. The van der Waals surface area contributed by atoms with Gasteiger partial charge in [-0.3, -0.25) is 9.78 Å². The third-order valence-corrected chi connectivity index (χ3v) is 6.21. The molecule has 0 spiro atoms. The SMILES string of the molecule is Cc1cc(C(=O)N(CC2CCCO2)C2CCN(C)CC2)c2cccc(C)c2n1. The Hall–Kier alpha value is -1.98. The average Bonchev–Trinajstić information content (AvgIpc) is 3.20. The number of rotatable bonds is 4. The molecule has 2 aromatic rings. The van der Waals surface area contributed by atoms with Crippen LogP contribution in [0.2, 0.25) is 0 Å². The van der Waals surface area contributed by atoms with Crippen LogP contribution in [0, 0.1) is 13.8 Å². The van der Waals surface area contributed by atoms with E-state index in [2.05, 4.69) is 29.8 Å². The number of ether oxygens (including phenoxy) is 1. The van der Waals surface area contributed by atoms with Gasteiger partial charge in [-0.25, -0.2) is 0 Å². The molecule has 4 rings (SSSR count). The van der Waals surface area contributed by atoms with Crippen molar-refractivity contribution >= 4 is 16.8 Å². The zero-order valence-corrected chi connectivity index (χ0v) is 17.3. The van der Waals surface area contributed by atoms with Gasteiger partial charge in [0.1, 0.15) is 0 Å². The molecule has 2 saturated heterocycles. The number of benzene rings is 1. The Morgan fingerprint density at radius 1 is 1.25 bits per heavy atom. The van der Waals surface area contributed by atoms with E-state index in [0.29, 0.717) is 6.54 Å². The number of para-hydroxylation sites is 1. The molecular formula is C23H31N3O2. The van der Waals surface area contributed by atoms with Crippen molar-refractivity contribution in [2.45, 2.75) is 51.7 Å². The maximum atomic E-state index is 13.8. The van der Waals surface area contributed by atoms with Crippen LogP contribution in [0.25, 0.3) is 10.9 Å². The number of aryl methyl sites for hydroxylation is 2. The minimum atomic E-state index is 0.131. The molecule has 0 aliphatic carbocycles. The largest absolute Gasteiger partial charge is 0.376 e. The molecule has 2 aliphatic rings. The van der Waals surface area contributed by atoms with Crippen LogP contribution in [0.3, 0.4) is 0 Å². The first-order valence-electron chi connectivity index (χ1n) is 10.5. The van der Waals surface area contributed by atoms with E-state index in [9.17, 15) is 4.79 Å². The van der Waals surface area contributed by atoms with Crippen LogP contribution >= 0.6 is 0 Å². The molecule has 2 fully saturated rings. The van der Waals surface area contributed by atoms with Crippen molar-refractivity contribution in [1.29, 1.82) is 0 Å². The zero-order valence-electron chi connectivity index (χ0n) is 17.3. The lowest BCUT2D eigenvalue weighted by atomic mass is 9.99. The highest BCUT2D eigenvalue weighted by molar-refractivity contribution is 6.07. The summed E-state index contributed by atoms with van der Waals surface area (Å²) < 4.78 is 5.90. The molecule has 150 valence electrons. The molecule has 5 nitrogen and oxygen atoms in total. The van der Waals surface area contributed by atoms with Crippen LogP contribution in [-0.2, 0) is 4.74 Å². The van der Waals surface area contributed by atoms with Crippen LogP contribution in [0.5, 0.6) is 0 Å². The Balaban J connectivity index is 1.70. The summed E-state index contributed by atoms with van der Waals surface area (Å²) in [6.45, 7) is 7.62. The highest BCUT2D eigenvalue weighted by Gasteiger charge is 2.32. The van der Waals surface area contributed by atoms with E-state index in [1.54, 1.807) is 0 Å². The minimum absolute atomic E-state index is 0.131. The van der Waals surface area contributed by atoms with Crippen molar-refractivity contribution in [3.8, 4) is 0 Å². The highest BCUT2D eigenvalue weighted by Crippen LogP contribution is 2.27. The van der Waals surface area contributed by atoms with Gasteiger partial charge in [0.15, 0.2) is 0 Å². The lowest BCUT2D eigenvalue weighted by Gasteiger charge is -2.38. The zero-order chi connectivity index (χ0) is 19.7. The van der Waals surface area contributed by atoms with Gasteiger partial charge in [0.25, 0.3) is 5.91 Å². The van der Waals surface area contributed by atoms with Gasteiger partial charge in [-0.2, -0.15) is 0 Å². The number of hydrogen-bond acceptors (Lipinski definition) is 4. The van der Waals surface area contributed by atoms with Crippen molar-refractivity contribution in [2.24, 2.45) is 0 Å². The molecule has 3 heterocycles. The molecule has 1 aromatic heterocycles. The topological polar surface area (TPSA) is 45.7 Å². The van der Waals surface area contributed by atoms with Crippen molar-refractivity contribution < 1.29 is 9.53 Å². The highest BCUT2D eigenvalue weighted by atomic mass is 16.5. The molecule has 1 unspecified atom stereocenters. The van der Waals surface area contributed by atoms with E-state index in [4.69, 9.17) is 9.72 Å². The number of piperidine rings is 1. The average molecular weight is 382 g/mol. The number of aromatic nitrogens is 1. The molecule has 1 aromatic carbocycles. The third-order valence-electron chi connectivity index (χ3n) is 6.21. The van der Waals surface area contributed by atoms with E-state index in [0.717, 1.165) is 73.1 Å². The van der Waals surface area contributed by atoms with Gasteiger partial charge in [0.05, 0.1) is 17.2 Å². The second-order valence-electron chi connectivity index (χ2n) is 8.41. The van der Waals surface area contributed by atoms with Crippen molar-refractivity contribution in [3.05, 3.63) is 41.1 Å². The Bertz CT molecular complexity index is 852. The summed E-state index contributed by atoms with van der Waals surface area (Å²) in [6.07, 6.45) is 4.35. The Labute approximate surface area is 167 Å². The predicted molar refractivity (Wildman–Crippen MR) is 112 cm³/mol. The van der Waals surface area contributed by atoms with E-state index < -0.39 is 0 Å². The Morgan fingerprint density at radius 3 is 2.75 bits per heavy atom. The van der Waals surface area contributed by atoms with Crippen molar-refractivity contribution in [1.82, 2.24) is 14.8 Å². The molecule has 1 amide bonds. The summed E-state index contributed by atoms with van der Waals surface area (Å²) >= 11 is 0. The van der Waals surface area contributed by atoms with Crippen LogP contribution in [0.15, 0.2) is 24.3 Å². The fraction of sp³-hybridized carbons (Fsp3) is 0.565. The molecule has 0 bridgehead atoms.